The molecule has 0 spiro atoms. The van der Waals surface area contributed by atoms with Crippen LogP contribution < -0.4 is 0 Å². The molecule has 1 aromatic rings. The summed E-state index contributed by atoms with van der Waals surface area (Å²) in [6.07, 6.45) is 1.74. The van der Waals surface area contributed by atoms with E-state index in [-0.39, 0.29) is 5.56 Å². The molecular weight excluding hydrogens is 259 g/mol. The largest absolute Gasteiger partial charge is 0.478 e. The number of carboxylic acids is 1. The number of benzene rings is 1. The van der Waals surface area contributed by atoms with Gasteiger partial charge in [-0.1, -0.05) is 0 Å². The highest BCUT2D eigenvalue weighted by molar-refractivity contribution is 9.10. The van der Waals surface area contributed by atoms with Crippen LogP contribution in [-0.4, -0.2) is 17.3 Å². The second-order valence-electron chi connectivity index (χ2n) is 2.27. The van der Waals surface area contributed by atoms with Crippen molar-refractivity contribution in [1.82, 2.24) is 0 Å². The van der Waals surface area contributed by atoms with Gasteiger partial charge in [-0.3, -0.25) is 0 Å². The minimum Gasteiger partial charge on any atom is -0.478 e. The van der Waals surface area contributed by atoms with Crippen LogP contribution in [-0.2, 0) is 0 Å². The van der Waals surface area contributed by atoms with Gasteiger partial charge in [-0.05, 0) is 34.3 Å². The lowest BCUT2D eigenvalue weighted by Crippen LogP contribution is -2.00. The lowest BCUT2D eigenvalue weighted by molar-refractivity contribution is 0.0692. The number of carboxylic acid groups (broad SMARTS) is 1. The van der Waals surface area contributed by atoms with Gasteiger partial charge in [0, 0.05) is 9.37 Å². The van der Waals surface area contributed by atoms with E-state index in [2.05, 4.69) is 15.9 Å². The molecule has 0 aliphatic carbocycles. The van der Waals surface area contributed by atoms with E-state index in [1.807, 2.05) is 0 Å². The lowest BCUT2D eigenvalue weighted by atomic mass is 10.2. The fourth-order valence-electron chi connectivity index (χ4n) is 0.927. The molecule has 0 amide bonds. The van der Waals surface area contributed by atoms with Crippen LogP contribution in [0.1, 0.15) is 10.4 Å². The Morgan fingerprint density at radius 3 is 2.69 bits per heavy atom. The van der Waals surface area contributed by atoms with Gasteiger partial charge in [0.2, 0.25) is 0 Å². The Labute approximate surface area is 87.3 Å². The van der Waals surface area contributed by atoms with Crippen LogP contribution in [0.5, 0.6) is 0 Å². The van der Waals surface area contributed by atoms with Crippen LogP contribution in [0.25, 0.3) is 0 Å². The maximum Gasteiger partial charge on any atom is 0.336 e. The summed E-state index contributed by atoms with van der Waals surface area (Å²) in [4.78, 5) is 11.2. The van der Waals surface area contributed by atoms with Gasteiger partial charge in [-0.15, -0.1) is 11.8 Å². The molecule has 0 atom stereocenters. The first-order valence-corrected chi connectivity index (χ1v) is 5.34. The predicted molar refractivity (Wildman–Crippen MR) is 52.8 cm³/mol. The average molecular weight is 265 g/mol. The molecule has 0 heterocycles. The lowest BCUT2D eigenvalue weighted by Gasteiger charge is -2.05. The van der Waals surface area contributed by atoms with Crippen LogP contribution in [0.2, 0.25) is 0 Å². The fraction of sp³-hybridized carbons (Fsp3) is 0.125. The number of thioether (sulfide) groups is 1. The first-order valence-electron chi connectivity index (χ1n) is 3.32. The summed E-state index contributed by atoms with van der Waals surface area (Å²) in [6.45, 7) is 0. The maximum atomic E-state index is 12.8. The summed E-state index contributed by atoms with van der Waals surface area (Å²) in [5, 5.41) is 8.74. The van der Waals surface area contributed by atoms with Crippen molar-refractivity contribution in [2.24, 2.45) is 0 Å². The fourth-order valence-corrected chi connectivity index (χ4v) is 2.46. The van der Waals surface area contributed by atoms with Crippen molar-refractivity contribution in [1.29, 1.82) is 0 Å². The standard InChI is InChI=1S/C8H6BrFO2S/c1-13-7-5(8(11)12)2-4(10)3-6(7)9/h2-3H,1H3,(H,11,12). The van der Waals surface area contributed by atoms with E-state index in [1.165, 1.54) is 17.8 Å². The first kappa shape index (κ1) is 10.5. The third-order valence-electron chi connectivity index (χ3n) is 1.44. The molecule has 1 aromatic carbocycles. The van der Waals surface area contributed by atoms with Crippen molar-refractivity contribution in [2.75, 3.05) is 6.26 Å². The maximum absolute atomic E-state index is 12.8. The summed E-state index contributed by atoms with van der Waals surface area (Å²) < 4.78 is 13.3. The van der Waals surface area contributed by atoms with Crippen LogP contribution in [0.3, 0.4) is 0 Å². The Morgan fingerprint density at radius 2 is 2.23 bits per heavy atom. The zero-order valence-electron chi connectivity index (χ0n) is 6.67. The Morgan fingerprint density at radius 1 is 1.62 bits per heavy atom. The molecule has 0 aliphatic rings. The van der Waals surface area contributed by atoms with E-state index in [1.54, 1.807) is 6.26 Å². The van der Waals surface area contributed by atoms with Gasteiger partial charge in [0.1, 0.15) is 5.82 Å². The molecule has 70 valence electrons. The van der Waals surface area contributed by atoms with Crippen LogP contribution in [0.15, 0.2) is 21.5 Å². The Balaban J connectivity index is 3.38. The second-order valence-corrected chi connectivity index (χ2v) is 3.94. The predicted octanol–water partition coefficient (Wildman–Crippen LogP) is 3.01. The van der Waals surface area contributed by atoms with Gasteiger partial charge in [0.25, 0.3) is 0 Å². The Hall–Kier alpha value is -0.550. The van der Waals surface area contributed by atoms with Gasteiger partial charge in [0.05, 0.1) is 5.56 Å². The van der Waals surface area contributed by atoms with Gasteiger partial charge in [-0.25, -0.2) is 9.18 Å². The van der Waals surface area contributed by atoms with Crippen LogP contribution in [0, 0.1) is 5.82 Å². The van der Waals surface area contributed by atoms with Gasteiger partial charge < -0.3 is 5.11 Å². The number of rotatable bonds is 2. The van der Waals surface area contributed by atoms with Crippen LogP contribution >= 0.6 is 27.7 Å². The Kier molecular flexibility index (Phi) is 3.33. The number of aromatic carboxylic acids is 1. The zero-order valence-corrected chi connectivity index (χ0v) is 9.08. The van der Waals surface area contributed by atoms with Gasteiger partial charge >= 0.3 is 5.97 Å². The van der Waals surface area contributed by atoms with E-state index in [9.17, 15) is 9.18 Å². The number of halogens is 2. The molecule has 0 bridgehead atoms. The molecule has 0 radical (unpaired) electrons. The number of carbonyl (C=O) groups is 1. The zero-order chi connectivity index (χ0) is 10.0. The third kappa shape index (κ3) is 2.22. The van der Waals surface area contributed by atoms with Gasteiger partial charge in [0.15, 0.2) is 0 Å². The highest BCUT2D eigenvalue weighted by Gasteiger charge is 2.14. The third-order valence-corrected chi connectivity index (χ3v) is 3.18. The van der Waals surface area contributed by atoms with E-state index in [0.29, 0.717) is 9.37 Å². The average Bonchev–Trinajstić information content (AvgIpc) is 2.02. The molecule has 0 aromatic heterocycles. The molecule has 0 saturated carbocycles. The minimum atomic E-state index is -1.12. The molecule has 0 fully saturated rings. The van der Waals surface area contributed by atoms with Crippen molar-refractivity contribution < 1.29 is 14.3 Å². The topological polar surface area (TPSA) is 37.3 Å². The van der Waals surface area contributed by atoms with Crippen LogP contribution in [0.4, 0.5) is 4.39 Å². The molecule has 0 saturated heterocycles. The summed E-state index contributed by atoms with van der Waals surface area (Å²) >= 11 is 4.37. The smallest absolute Gasteiger partial charge is 0.336 e. The van der Waals surface area contributed by atoms with E-state index in [4.69, 9.17) is 5.11 Å². The highest BCUT2D eigenvalue weighted by Crippen LogP contribution is 2.30. The van der Waals surface area contributed by atoms with Crippen molar-refractivity contribution in [2.45, 2.75) is 4.90 Å². The molecule has 0 unspecified atom stereocenters. The van der Waals surface area contributed by atoms with E-state index >= 15 is 0 Å². The molecule has 1 rings (SSSR count). The summed E-state index contributed by atoms with van der Waals surface area (Å²) in [5.74, 6) is -1.67. The summed E-state index contributed by atoms with van der Waals surface area (Å²) in [5.41, 5.74) is -0.0145. The minimum absolute atomic E-state index is 0.0145. The highest BCUT2D eigenvalue weighted by atomic mass is 79.9. The molecule has 5 heteroatoms. The van der Waals surface area contributed by atoms with Crippen molar-refractivity contribution in [3.63, 3.8) is 0 Å². The SMILES string of the molecule is CSc1c(Br)cc(F)cc1C(=O)O. The molecule has 2 nitrogen and oxygen atoms in total. The molecule has 13 heavy (non-hydrogen) atoms. The van der Waals surface area contributed by atoms with E-state index in [0.717, 1.165) is 6.07 Å². The van der Waals surface area contributed by atoms with Crippen molar-refractivity contribution in [3.05, 3.63) is 28.0 Å². The summed E-state index contributed by atoms with van der Waals surface area (Å²) in [6, 6.07) is 2.26. The normalized spacial score (nSPS) is 10.1. The van der Waals surface area contributed by atoms with Gasteiger partial charge in [-0.2, -0.15) is 0 Å². The molecule has 0 aliphatic heterocycles. The quantitative estimate of drug-likeness (QED) is 0.835. The Bertz CT molecular complexity index is 354. The number of hydrogen-bond donors (Lipinski definition) is 1. The summed E-state index contributed by atoms with van der Waals surface area (Å²) in [7, 11) is 0. The van der Waals surface area contributed by atoms with Crippen molar-refractivity contribution >= 4 is 33.7 Å². The van der Waals surface area contributed by atoms with Crippen molar-refractivity contribution in [3.8, 4) is 0 Å². The first-order chi connectivity index (χ1) is 6.06. The molecular formula is C8H6BrFO2S. The monoisotopic (exact) mass is 264 g/mol. The number of hydrogen-bond acceptors (Lipinski definition) is 2. The van der Waals surface area contributed by atoms with E-state index < -0.39 is 11.8 Å². The second kappa shape index (κ2) is 4.11. The molecule has 1 N–H and O–H groups in total.